The first-order chi connectivity index (χ1) is 20.7. The molecule has 21 nitrogen and oxygen atoms in total. The molecule has 5 saturated heterocycles. The van der Waals surface area contributed by atoms with Gasteiger partial charge in [0.15, 0.2) is 6.10 Å². The Kier molecular flexibility index (Phi) is 10.8. The molecule has 0 spiro atoms. The molecular formula is C21H41N7O14P2. The van der Waals surface area contributed by atoms with E-state index in [2.05, 4.69) is 20.3 Å². The van der Waals surface area contributed by atoms with Crippen molar-refractivity contribution >= 4 is 21.5 Å². The first-order valence-corrected chi connectivity index (χ1v) is 17.2. The van der Waals surface area contributed by atoms with E-state index in [4.69, 9.17) is 29.7 Å². The van der Waals surface area contributed by atoms with Gasteiger partial charge in [-0.25, -0.2) is 14.0 Å². The van der Waals surface area contributed by atoms with Crippen LogP contribution >= 0.6 is 15.6 Å². The zero-order chi connectivity index (χ0) is 32.0. The minimum absolute atomic E-state index is 0.201. The number of aliphatic hydroxyl groups excluding tert-OH is 4. The van der Waals surface area contributed by atoms with Gasteiger partial charge in [-0.2, -0.15) is 4.31 Å². The van der Waals surface area contributed by atoms with Crippen molar-refractivity contribution in [1.29, 1.82) is 5.41 Å². The van der Waals surface area contributed by atoms with E-state index in [1.54, 1.807) is 4.90 Å². The summed E-state index contributed by atoms with van der Waals surface area (Å²) in [5.41, 5.74) is 6.05. The van der Waals surface area contributed by atoms with E-state index in [0.29, 0.717) is 31.0 Å². The number of hydrogen-bond acceptors (Lipinski definition) is 18. The van der Waals surface area contributed by atoms with Crippen LogP contribution in [-0.4, -0.2) is 148 Å². The molecular weight excluding hydrogens is 636 g/mol. The normalized spacial score (nSPS) is 45.9. The molecule has 0 bridgehead atoms. The number of nitrogens with one attached hydrogen (secondary N) is 5. The van der Waals surface area contributed by atoms with Crippen molar-refractivity contribution < 1.29 is 72.2 Å². The number of hydrogen-bond donors (Lipinski definition) is 12. The zero-order valence-corrected chi connectivity index (χ0v) is 25.2. The molecule has 0 aromatic heterocycles. The molecule has 13 N–H and O–H groups in total. The van der Waals surface area contributed by atoms with Crippen LogP contribution in [0.15, 0.2) is 0 Å². The van der Waals surface area contributed by atoms with Crippen molar-refractivity contribution in [2.75, 3.05) is 39.6 Å². The van der Waals surface area contributed by atoms with E-state index in [0.717, 1.165) is 0 Å². The van der Waals surface area contributed by atoms with Gasteiger partial charge in [0.2, 0.25) is 6.23 Å². The zero-order valence-electron chi connectivity index (χ0n) is 23.5. The van der Waals surface area contributed by atoms with Crippen molar-refractivity contribution in [1.82, 2.24) is 20.9 Å². The summed E-state index contributed by atoms with van der Waals surface area (Å²) in [4.78, 5) is 22.4. The van der Waals surface area contributed by atoms with Crippen LogP contribution in [0.3, 0.4) is 0 Å². The smallest absolute Gasteiger partial charge is 0.481 e. The highest BCUT2D eigenvalue weighted by Gasteiger charge is 2.53. The van der Waals surface area contributed by atoms with Crippen molar-refractivity contribution in [2.45, 2.75) is 80.3 Å². The van der Waals surface area contributed by atoms with Gasteiger partial charge in [-0.1, -0.05) is 0 Å². The number of ether oxygens (including phenoxy) is 2. The maximum Gasteiger partial charge on any atom is 0.481 e. The van der Waals surface area contributed by atoms with Gasteiger partial charge >= 0.3 is 15.6 Å². The van der Waals surface area contributed by atoms with Crippen LogP contribution in [0, 0.1) is 11.3 Å². The molecule has 23 heteroatoms. The average Bonchev–Trinajstić information content (AvgIpc) is 3.61. The number of phosphoric acid groups is 2. The number of fused-ring (bicyclic) bond motifs is 1. The van der Waals surface area contributed by atoms with Gasteiger partial charge in [0, 0.05) is 12.6 Å². The first kappa shape index (κ1) is 34.6. The SMILES string of the molecule is N=C([O-])C1CCC[NH+]([C@@H]2O[C@H](COP(=O)(O)OP(=O)(O)OC[C@H]3O[C@@H](N4CNC5C(N)NCNC54)[C@H](O)[C@@H]3O)[C@@H](O)[C@H]2O)C1. The number of rotatable bonds is 11. The maximum absolute atomic E-state index is 12.5. The second-order valence-electron chi connectivity index (χ2n) is 11.5. The average molecular weight is 678 g/mol. The predicted octanol–water partition coefficient (Wildman–Crippen LogP) is -7.24. The van der Waals surface area contributed by atoms with Crippen molar-refractivity contribution in [3.8, 4) is 0 Å². The molecule has 7 unspecified atom stereocenters. The second kappa shape index (κ2) is 13.8. The molecule has 0 amide bonds. The Balaban J connectivity index is 1.10. The number of quaternary nitrogens is 1. The summed E-state index contributed by atoms with van der Waals surface area (Å²) in [7, 11) is -10.6. The molecule has 5 aliphatic heterocycles. The van der Waals surface area contributed by atoms with Crippen LogP contribution in [-0.2, 0) is 32.0 Å². The maximum atomic E-state index is 12.5. The monoisotopic (exact) mass is 677 g/mol. The molecule has 0 radical (unpaired) electrons. The lowest BCUT2D eigenvalue weighted by atomic mass is 9.97. The summed E-state index contributed by atoms with van der Waals surface area (Å²) >= 11 is 0. The molecule has 15 atom stereocenters. The van der Waals surface area contributed by atoms with Crippen LogP contribution in [0.1, 0.15) is 12.8 Å². The highest BCUT2D eigenvalue weighted by molar-refractivity contribution is 7.61. The van der Waals surface area contributed by atoms with E-state index < -0.39 is 89.8 Å². The fourth-order valence-electron chi connectivity index (χ4n) is 6.31. The molecule has 254 valence electrons. The van der Waals surface area contributed by atoms with E-state index in [1.165, 1.54) is 0 Å². The Morgan fingerprint density at radius 2 is 1.64 bits per heavy atom. The number of likely N-dealkylation sites (tertiary alicyclic amines) is 1. The van der Waals surface area contributed by atoms with E-state index in [9.17, 15) is 44.4 Å². The van der Waals surface area contributed by atoms with Gasteiger partial charge in [0.05, 0.1) is 51.3 Å². The number of nitrogens with two attached hydrogens (primary N) is 1. The summed E-state index contributed by atoms with van der Waals surface area (Å²) < 4.78 is 50.1. The van der Waals surface area contributed by atoms with Gasteiger partial charge < -0.3 is 60.8 Å². The highest BCUT2D eigenvalue weighted by atomic mass is 31.3. The Labute approximate surface area is 251 Å². The topological polar surface area (TPSA) is 318 Å². The van der Waals surface area contributed by atoms with Gasteiger partial charge in [0.1, 0.15) is 36.7 Å². The molecule has 0 aliphatic carbocycles. The molecule has 5 aliphatic rings. The third kappa shape index (κ3) is 7.52. The van der Waals surface area contributed by atoms with Gasteiger partial charge in [-0.3, -0.25) is 25.0 Å². The molecule has 5 rings (SSSR count). The third-order valence-corrected chi connectivity index (χ3v) is 11.2. The van der Waals surface area contributed by atoms with Gasteiger partial charge in [0.25, 0.3) is 0 Å². The van der Waals surface area contributed by atoms with Crippen LogP contribution in [0.4, 0.5) is 0 Å². The minimum Gasteiger partial charge on any atom is -0.862 e. The standard InChI is InChI=1S/C21H41N7O14P2/c22-17-12-19(25-7-24-17)28(8-26-12)21-16(32)14(30)11(41-21)6-39-44(36,37)42-43(34,35)38-5-10-13(29)15(31)20(40-10)27-3-1-2-9(4-27)18(23)33/h9-17,19-21,24-26,29-32H,1-8,22H2,(H2,23,33)(H,34,35)(H,36,37)/t9?,10-,11-,12?,13-,14-,15-,16-,17?,19?,20-,21-/m1/s1. The number of nitrogens with zero attached hydrogens (tertiary/aromatic N) is 1. The van der Waals surface area contributed by atoms with Crippen LogP contribution in [0.25, 0.3) is 0 Å². The Morgan fingerprint density at radius 1 is 1.00 bits per heavy atom. The third-order valence-electron chi connectivity index (χ3n) is 8.61. The Hall–Kier alpha value is -0.750. The Morgan fingerprint density at radius 3 is 2.30 bits per heavy atom. The lowest BCUT2D eigenvalue weighted by Gasteiger charge is -2.38. The van der Waals surface area contributed by atoms with Crippen molar-refractivity contribution in [3.63, 3.8) is 0 Å². The van der Waals surface area contributed by atoms with Gasteiger partial charge in [-0.05, 0) is 18.7 Å². The summed E-state index contributed by atoms with van der Waals surface area (Å²) in [5.74, 6) is -1.29. The van der Waals surface area contributed by atoms with Crippen LogP contribution in [0.5, 0.6) is 0 Å². The number of aliphatic hydroxyl groups is 4. The van der Waals surface area contributed by atoms with Crippen molar-refractivity contribution in [2.24, 2.45) is 11.7 Å². The molecule has 0 saturated carbocycles. The molecule has 44 heavy (non-hydrogen) atoms. The number of phosphoric ester groups is 2. The lowest BCUT2D eigenvalue weighted by molar-refractivity contribution is -0.956. The van der Waals surface area contributed by atoms with Gasteiger partial charge in [-0.15, -0.1) is 0 Å². The van der Waals surface area contributed by atoms with Crippen molar-refractivity contribution in [3.05, 3.63) is 0 Å². The van der Waals surface area contributed by atoms with E-state index in [-0.39, 0.29) is 31.6 Å². The predicted molar refractivity (Wildman–Crippen MR) is 142 cm³/mol. The lowest BCUT2D eigenvalue weighted by Crippen LogP contribution is -3.18. The van der Waals surface area contributed by atoms with E-state index in [1.807, 2.05) is 0 Å². The number of piperidine rings is 1. The molecule has 5 heterocycles. The molecule has 0 aromatic carbocycles. The fraction of sp³-hybridized carbons (Fsp3) is 0.952. The van der Waals surface area contributed by atoms with E-state index >= 15 is 0 Å². The molecule has 0 aromatic rings. The summed E-state index contributed by atoms with van der Waals surface area (Å²) in [6, 6.07) is -0.237. The van der Waals surface area contributed by atoms with Crippen LogP contribution in [0.2, 0.25) is 0 Å². The second-order valence-corrected chi connectivity index (χ2v) is 14.6. The largest absolute Gasteiger partial charge is 0.862 e. The summed E-state index contributed by atoms with van der Waals surface area (Å²) in [5, 5.41) is 70.2. The summed E-state index contributed by atoms with van der Waals surface area (Å²) in [6.07, 6.45) is -10.3. The quantitative estimate of drug-likeness (QED) is 0.0549. The fourth-order valence-corrected chi connectivity index (χ4v) is 8.40. The Bertz CT molecular complexity index is 1130. The van der Waals surface area contributed by atoms with Crippen LogP contribution < -0.4 is 31.7 Å². The highest BCUT2D eigenvalue weighted by Crippen LogP contribution is 2.60. The molecule has 5 fully saturated rings. The minimum atomic E-state index is -5.31. The summed E-state index contributed by atoms with van der Waals surface area (Å²) in [6.45, 7) is -0.317. The first-order valence-electron chi connectivity index (χ1n) is 14.2.